The number of ether oxygens (including phenoxy) is 2. The van der Waals surface area contributed by atoms with Gasteiger partial charge in [0.05, 0.1) is 14.2 Å². The fourth-order valence-corrected chi connectivity index (χ4v) is 3.76. The monoisotopic (exact) mass is 436 g/mol. The summed E-state index contributed by atoms with van der Waals surface area (Å²) >= 11 is 3.42. The first-order chi connectivity index (χ1) is 13.0. The van der Waals surface area contributed by atoms with Gasteiger partial charge in [-0.3, -0.25) is 4.79 Å². The number of anilines is 1. The van der Waals surface area contributed by atoms with Gasteiger partial charge in [0, 0.05) is 37.4 Å². The minimum Gasteiger partial charge on any atom is -0.495 e. The van der Waals surface area contributed by atoms with Crippen LogP contribution in [0.5, 0.6) is 11.5 Å². The maximum atomic E-state index is 13.1. The molecule has 1 heterocycles. The minimum absolute atomic E-state index is 0.0555. The molecule has 1 aliphatic rings. The predicted octanol–water partition coefficient (Wildman–Crippen LogP) is 3.96. The van der Waals surface area contributed by atoms with Crippen molar-refractivity contribution in [2.45, 2.75) is 6.42 Å². The second-order valence-corrected chi connectivity index (χ2v) is 7.10. The molecule has 27 heavy (non-hydrogen) atoms. The van der Waals surface area contributed by atoms with Crippen molar-refractivity contribution in [3.8, 4) is 11.5 Å². The fraction of sp³-hybridized carbons (Fsp3) is 0.350. The molecule has 1 amide bonds. The van der Waals surface area contributed by atoms with Crippen LogP contribution < -0.4 is 14.4 Å². The lowest BCUT2D eigenvalue weighted by molar-refractivity contribution is 0.0766. The van der Waals surface area contributed by atoms with E-state index in [9.17, 15) is 9.18 Å². The van der Waals surface area contributed by atoms with Gasteiger partial charge in [0.25, 0.3) is 5.91 Å². The van der Waals surface area contributed by atoms with Crippen LogP contribution in [0.25, 0.3) is 0 Å². The SMILES string of the molecule is COc1cc(C(=O)N2CCCN(c3ccc(F)cc3)CC2)cc(OC)c1Br. The summed E-state index contributed by atoms with van der Waals surface area (Å²) < 4.78 is 24.5. The molecule has 0 aromatic heterocycles. The van der Waals surface area contributed by atoms with Crippen LogP contribution in [0.4, 0.5) is 10.1 Å². The molecule has 1 aliphatic heterocycles. The van der Waals surface area contributed by atoms with Gasteiger partial charge in [0.15, 0.2) is 0 Å². The van der Waals surface area contributed by atoms with Crippen LogP contribution in [0, 0.1) is 5.82 Å². The summed E-state index contributed by atoms with van der Waals surface area (Å²) in [5.74, 6) is 0.810. The Bertz CT molecular complexity index is 788. The molecular weight excluding hydrogens is 415 g/mol. The molecule has 144 valence electrons. The molecule has 2 aromatic rings. The van der Waals surface area contributed by atoms with E-state index in [1.54, 1.807) is 38.5 Å². The zero-order chi connectivity index (χ0) is 19.4. The lowest BCUT2D eigenvalue weighted by Gasteiger charge is -2.24. The van der Waals surface area contributed by atoms with Gasteiger partial charge >= 0.3 is 0 Å². The van der Waals surface area contributed by atoms with Crippen molar-refractivity contribution in [1.82, 2.24) is 4.90 Å². The van der Waals surface area contributed by atoms with Gasteiger partial charge in [-0.05, 0) is 58.7 Å². The fourth-order valence-electron chi connectivity index (χ4n) is 3.21. The van der Waals surface area contributed by atoms with Gasteiger partial charge in [-0.25, -0.2) is 4.39 Å². The van der Waals surface area contributed by atoms with Crippen molar-refractivity contribution in [2.75, 3.05) is 45.3 Å². The van der Waals surface area contributed by atoms with E-state index >= 15 is 0 Å². The zero-order valence-corrected chi connectivity index (χ0v) is 17.0. The highest BCUT2D eigenvalue weighted by Crippen LogP contribution is 2.36. The Kier molecular flexibility index (Phi) is 6.21. The van der Waals surface area contributed by atoms with Crippen LogP contribution in [-0.2, 0) is 0 Å². The third-order valence-electron chi connectivity index (χ3n) is 4.67. The van der Waals surface area contributed by atoms with Crippen LogP contribution >= 0.6 is 15.9 Å². The van der Waals surface area contributed by atoms with Crippen LogP contribution in [0.1, 0.15) is 16.8 Å². The Hall–Kier alpha value is -2.28. The molecule has 0 bridgehead atoms. The first-order valence-corrected chi connectivity index (χ1v) is 9.54. The topological polar surface area (TPSA) is 42.0 Å². The molecule has 0 unspecified atom stereocenters. The van der Waals surface area contributed by atoms with Gasteiger partial charge in [-0.1, -0.05) is 0 Å². The van der Waals surface area contributed by atoms with Gasteiger partial charge in [0.2, 0.25) is 0 Å². The Morgan fingerprint density at radius 3 is 2.22 bits per heavy atom. The molecule has 0 spiro atoms. The highest BCUT2D eigenvalue weighted by molar-refractivity contribution is 9.10. The number of rotatable bonds is 4. The number of nitrogens with zero attached hydrogens (tertiary/aromatic N) is 2. The zero-order valence-electron chi connectivity index (χ0n) is 15.4. The van der Waals surface area contributed by atoms with Crippen LogP contribution in [-0.4, -0.2) is 51.2 Å². The van der Waals surface area contributed by atoms with Gasteiger partial charge in [0.1, 0.15) is 21.8 Å². The molecule has 1 fully saturated rings. The van der Waals surface area contributed by atoms with Crippen molar-refractivity contribution in [2.24, 2.45) is 0 Å². The normalized spacial score (nSPS) is 14.7. The van der Waals surface area contributed by atoms with Crippen molar-refractivity contribution < 1.29 is 18.7 Å². The lowest BCUT2D eigenvalue weighted by atomic mass is 10.1. The molecule has 0 saturated carbocycles. The third kappa shape index (κ3) is 4.35. The van der Waals surface area contributed by atoms with E-state index in [1.165, 1.54) is 12.1 Å². The van der Waals surface area contributed by atoms with Gasteiger partial charge in [-0.15, -0.1) is 0 Å². The minimum atomic E-state index is -0.247. The average molecular weight is 437 g/mol. The first-order valence-electron chi connectivity index (χ1n) is 8.75. The molecule has 7 heteroatoms. The number of hydrogen-bond donors (Lipinski definition) is 0. The molecule has 2 aromatic carbocycles. The number of carbonyl (C=O) groups excluding carboxylic acids is 1. The number of amides is 1. The molecule has 0 atom stereocenters. The standard InChI is InChI=1S/C20H22BrFN2O3/c1-26-17-12-14(13-18(27-2)19(17)21)20(25)24-9-3-8-23(10-11-24)16-6-4-15(22)5-7-16/h4-7,12-13H,3,8-11H2,1-2H3. The lowest BCUT2D eigenvalue weighted by Crippen LogP contribution is -2.35. The molecule has 0 radical (unpaired) electrons. The number of carbonyl (C=O) groups is 1. The second kappa shape index (κ2) is 8.61. The summed E-state index contributed by atoms with van der Waals surface area (Å²) in [4.78, 5) is 17.0. The highest BCUT2D eigenvalue weighted by atomic mass is 79.9. The number of halogens is 2. The van der Waals surface area contributed by atoms with E-state index in [4.69, 9.17) is 9.47 Å². The van der Waals surface area contributed by atoms with E-state index in [1.807, 2.05) is 4.90 Å². The van der Waals surface area contributed by atoms with E-state index in [2.05, 4.69) is 20.8 Å². The Balaban J connectivity index is 1.75. The van der Waals surface area contributed by atoms with E-state index in [0.717, 1.165) is 18.7 Å². The van der Waals surface area contributed by atoms with Gasteiger partial charge < -0.3 is 19.3 Å². The largest absolute Gasteiger partial charge is 0.495 e. The molecule has 3 rings (SSSR count). The number of benzene rings is 2. The van der Waals surface area contributed by atoms with Gasteiger partial charge in [-0.2, -0.15) is 0 Å². The summed E-state index contributed by atoms with van der Waals surface area (Å²) in [6.45, 7) is 2.78. The smallest absolute Gasteiger partial charge is 0.254 e. The second-order valence-electron chi connectivity index (χ2n) is 6.30. The summed E-state index contributed by atoms with van der Waals surface area (Å²) in [6, 6.07) is 9.91. The van der Waals surface area contributed by atoms with Crippen molar-refractivity contribution in [3.05, 3.63) is 52.3 Å². The maximum Gasteiger partial charge on any atom is 0.254 e. The summed E-state index contributed by atoms with van der Waals surface area (Å²) in [5, 5.41) is 0. The van der Waals surface area contributed by atoms with Crippen molar-refractivity contribution in [1.29, 1.82) is 0 Å². The summed E-state index contributed by atoms with van der Waals surface area (Å²) in [5.41, 5.74) is 1.50. The van der Waals surface area contributed by atoms with Crippen molar-refractivity contribution >= 4 is 27.5 Å². The first kappa shape index (κ1) is 19.5. The molecule has 0 aliphatic carbocycles. The van der Waals surface area contributed by atoms with Crippen molar-refractivity contribution in [3.63, 3.8) is 0 Å². The van der Waals surface area contributed by atoms with Crippen LogP contribution in [0.2, 0.25) is 0 Å². The molecule has 0 N–H and O–H groups in total. The quantitative estimate of drug-likeness (QED) is 0.727. The highest BCUT2D eigenvalue weighted by Gasteiger charge is 2.23. The molecule has 1 saturated heterocycles. The number of methoxy groups -OCH3 is 2. The Morgan fingerprint density at radius 2 is 1.63 bits per heavy atom. The maximum absolute atomic E-state index is 13.1. The predicted molar refractivity (Wildman–Crippen MR) is 106 cm³/mol. The van der Waals surface area contributed by atoms with E-state index < -0.39 is 0 Å². The summed E-state index contributed by atoms with van der Waals surface area (Å²) in [7, 11) is 3.11. The molecule has 5 nitrogen and oxygen atoms in total. The van der Waals surface area contributed by atoms with Crippen LogP contribution in [0.3, 0.4) is 0 Å². The van der Waals surface area contributed by atoms with E-state index in [-0.39, 0.29) is 11.7 Å². The summed E-state index contributed by atoms with van der Waals surface area (Å²) in [6.07, 6.45) is 0.841. The van der Waals surface area contributed by atoms with Crippen LogP contribution in [0.15, 0.2) is 40.9 Å². The average Bonchev–Trinajstić information content (AvgIpc) is 2.94. The Morgan fingerprint density at radius 1 is 1.00 bits per heavy atom. The van der Waals surface area contributed by atoms with E-state index in [0.29, 0.717) is 41.2 Å². The third-order valence-corrected chi connectivity index (χ3v) is 5.45. The molecular formula is C20H22BrFN2O3. The number of hydrogen-bond acceptors (Lipinski definition) is 4. The Labute approximate surface area is 166 Å².